The first-order valence-electron chi connectivity index (χ1n) is 7.31. The maximum Gasteiger partial charge on any atom is 0.338 e. The van der Waals surface area contributed by atoms with Crippen molar-refractivity contribution in [1.82, 2.24) is 14.8 Å². The number of carbonyl (C=O) groups excluding carboxylic acids is 1. The molecule has 2 aromatic heterocycles. The van der Waals surface area contributed by atoms with Gasteiger partial charge in [-0.05, 0) is 44.2 Å². The molecule has 0 radical (unpaired) electrons. The number of nitrogens with zero attached hydrogens (tertiary/aromatic N) is 3. The molecule has 0 saturated heterocycles. The van der Waals surface area contributed by atoms with Gasteiger partial charge >= 0.3 is 5.97 Å². The van der Waals surface area contributed by atoms with Gasteiger partial charge in [-0.3, -0.25) is 0 Å². The number of hydrogen-bond donors (Lipinski definition) is 0. The Bertz CT molecular complexity index is 853. The fourth-order valence-electron chi connectivity index (χ4n) is 2.42. The highest BCUT2D eigenvalue weighted by Crippen LogP contribution is 2.23. The summed E-state index contributed by atoms with van der Waals surface area (Å²) in [6, 6.07) is 9.20. The van der Waals surface area contributed by atoms with E-state index < -0.39 is 0 Å². The molecular weight excluding hydrogens is 294 g/mol. The fraction of sp³-hybridized carbons (Fsp3) is 0.235. The first-order valence-corrected chi connectivity index (χ1v) is 7.31. The number of fused-ring (bicyclic) bond motifs is 1. The molecule has 2 heterocycles. The summed E-state index contributed by atoms with van der Waals surface area (Å²) in [7, 11) is 1.62. The molecule has 1 aromatic carbocycles. The second kappa shape index (κ2) is 6.08. The third-order valence-corrected chi connectivity index (χ3v) is 3.48. The van der Waals surface area contributed by atoms with Crippen molar-refractivity contribution in [2.24, 2.45) is 0 Å². The molecule has 0 saturated carbocycles. The van der Waals surface area contributed by atoms with Gasteiger partial charge in [0.1, 0.15) is 5.75 Å². The number of aromatic nitrogens is 3. The molecular formula is C17H17N3O3. The Kier molecular flexibility index (Phi) is 3.97. The van der Waals surface area contributed by atoms with Crippen molar-refractivity contribution in [3.05, 3.63) is 47.8 Å². The van der Waals surface area contributed by atoms with Crippen molar-refractivity contribution in [3.8, 4) is 11.4 Å². The minimum absolute atomic E-state index is 0.328. The zero-order valence-corrected chi connectivity index (χ0v) is 13.2. The molecule has 0 bridgehead atoms. The predicted octanol–water partition coefficient (Wildman–Crippen LogP) is 2.91. The minimum Gasteiger partial charge on any atom is -0.497 e. The summed E-state index contributed by atoms with van der Waals surface area (Å²) in [5.74, 6) is 0.402. The standard InChI is InChI=1S/C17H17N3O3/c1-4-23-17(21)14-9-11(2)19-16-15(14)10-18-20(16)12-5-7-13(22-3)8-6-12/h5-10H,4H2,1-3H3. The van der Waals surface area contributed by atoms with Crippen LogP contribution in [-0.2, 0) is 4.74 Å². The molecule has 6 nitrogen and oxygen atoms in total. The third kappa shape index (κ3) is 2.75. The zero-order chi connectivity index (χ0) is 16.4. The average Bonchev–Trinajstić information content (AvgIpc) is 2.98. The van der Waals surface area contributed by atoms with E-state index in [1.807, 2.05) is 31.2 Å². The van der Waals surface area contributed by atoms with Gasteiger partial charge in [-0.2, -0.15) is 5.10 Å². The summed E-state index contributed by atoms with van der Waals surface area (Å²) in [4.78, 5) is 16.7. The largest absolute Gasteiger partial charge is 0.497 e. The van der Waals surface area contributed by atoms with Crippen LogP contribution in [0, 0.1) is 6.92 Å². The van der Waals surface area contributed by atoms with E-state index in [2.05, 4.69) is 10.1 Å². The summed E-state index contributed by atoms with van der Waals surface area (Å²) < 4.78 is 12.0. The van der Waals surface area contributed by atoms with E-state index in [9.17, 15) is 4.79 Å². The van der Waals surface area contributed by atoms with Gasteiger partial charge in [-0.1, -0.05) is 0 Å². The Morgan fingerprint density at radius 3 is 2.65 bits per heavy atom. The quantitative estimate of drug-likeness (QED) is 0.693. The fourth-order valence-corrected chi connectivity index (χ4v) is 2.42. The first-order chi connectivity index (χ1) is 11.1. The van der Waals surface area contributed by atoms with Crippen LogP contribution in [-0.4, -0.2) is 34.5 Å². The molecule has 0 fully saturated rings. The lowest BCUT2D eigenvalue weighted by atomic mass is 10.1. The second-order valence-electron chi connectivity index (χ2n) is 5.02. The third-order valence-electron chi connectivity index (χ3n) is 3.48. The van der Waals surface area contributed by atoms with Crippen LogP contribution in [0.2, 0.25) is 0 Å². The van der Waals surface area contributed by atoms with Gasteiger partial charge < -0.3 is 9.47 Å². The van der Waals surface area contributed by atoms with Crippen LogP contribution in [0.15, 0.2) is 36.5 Å². The second-order valence-corrected chi connectivity index (χ2v) is 5.02. The lowest BCUT2D eigenvalue weighted by Gasteiger charge is -2.07. The molecule has 0 unspecified atom stereocenters. The van der Waals surface area contributed by atoms with Gasteiger partial charge in [-0.15, -0.1) is 0 Å². The molecule has 0 spiro atoms. The van der Waals surface area contributed by atoms with Gasteiger partial charge in [0, 0.05) is 5.69 Å². The van der Waals surface area contributed by atoms with E-state index in [4.69, 9.17) is 9.47 Å². The minimum atomic E-state index is -0.364. The highest BCUT2D eigenvalue weighted by molar-refractivity contribution is 6.02. The Labute approximate surface area is 133 Å². The van der Waals surface area contributed by atoms with Crippen LogP contribution >= 0.6 is 0 Å². The molecule has 0 amide bonds. The van der Waals surface area contributed by atoms with Crippen LogP contribution < -0.4 is 4.74 Å². The molecule has 3 aromatic rings. The van der Waals surface area contributed by atoms with Crippen LogP contribution in [0.3, 0.4) is 0 Å². The molecule has 0 N–H and O–H groups in total. The Morgan fingerprint density at radius 1 is 1.26 bits per heavy atom. The SMILES string of the molecule is CCOC(=O)c1cc(C)nc2c1cnn2-c1ccc(OC)cc1. The maximum atomic E-state index is 12.1. The van der Waals surface area contributed by atoms with Gasteiger partial charge in [-0.25, -0.2) is 14.5 Å². The Balaban J connectivity index is 2.14. The number of hydrogen-bond acceptors (Lipinski definition) is 5. The highest BCUT2D eigenvalue weighted by atomic mass is 16.5. The number of esters is 1. The van der Waals surface area contributed by atoms with Crippen molar-refractivity contribution in [3.63, 3.8) is 0 Å². The number of benzene rings is 1. The molecule has 3 rings (SSSR count). The van der Waals surface area contributed by atoms with E-state index in [0.29, 0.717) is 23.2 Å². The van der Waals surface area contributed by atoms with Crippen LogP contribution in [0.5, 0.6) is 5.75 Å². The van der Waals surface area contributed by atoms with Gasteiger partial charge in [0.05, 0.1) is 36.6 Å². The molecule has 0 aliphatic heterocycles. The maximum absolute atomic E-state index is 12.1. The summed E-state index contributed by atoms with van der Waals surface area (Å²) in [6.45, 7) is 3.95. The van der Waals surface area contributed by atoms with Gasteiger partial charge in [0.15, 0.2) is 5.65 Å². The lowest BCUT2D eigenvalue weighted by molar-refractivity contribution is 0.0528. The summed E-state index contributed by atoms with van der Waals surface area (Å²) in [5, 5.41) is 5.04. The smallest absolute Gasteiger partial charge is 0.338 e. The van der Waals surface area contributed by atoms with Crippen LogP contribution in [0.1, 0.15) is 23.0 Å². The normalized spacial score (nSPS) is 10.7. The van der Waals surface area contributed by atoms with Crippen LogP contribution in [0.25, 0.3) is 16.7 Å². The van der Waals surface area contributed by atoms with E-state index in [0.717, 1.165) is 17.1 Å². The Hall–Kier alpha value is -2.89. The van der Waals surface area contributed by atoms with E-state index in [1.54, 1.807) is 31.0 Å². The topological polar surface area (TPSA) is 66.2 Å². The molecule has 118 valence electrons. The number of rotatable bonds is 4. The highest BCUT2D eigenvalue weighted by Gasteiger charge is 2.17. The first kappa shape index (κ1) is 15.0. The molecule has 0 aliphatic rings. The average molecular weight is 311 g/mol. The zero-order valence-electron chi connectivity index (χ0n) is 13.2. The number of methoxy groups -OCH3 is 1. The van der Waals surface area contributed by atoms with E-state index in [-0.39, 0.29) is 5.97 Å². The van der Waals surface area contributed by atoms with Crippen molar-refractivity contribution >= 4 is 17.0 Å². The predicted molar refractivity (Wildman–Crippen MR) is 86.1 cm³/mol. The molecule has 6 heteroatoms. The van der Waals surface area contributed by atoms with E-state index >= 15 is 0 Å². The number of ether oxygens (including phenoxy) is 2. The molecule has 0 aliphatic carbocycles. The number of aryl methyl sites for hydroxylation is 1. The van der Waals surface area contributed by atoms with Crippen molar-refractivity contribution < 1.29 is 14.3 Å². The van der Waals surface area contributed by atoms with E-state index in [1.165, 1.54) is 0 Å². The van der Waals surface area contributed by atoms with Gasteiger partial charge in [0.25, 0.3) is 0 Å². The van der Waals surface area contributed by atoms with Crippen molar-refractivity contribution in [1.29, 1.82) is 0 Å². The summed E-state index contributed by atoms with van der Waals surface area (Å²) in [6.07, 6.45) is 1.64. The summed E-state index contributed by atoms with van der Waals surface area (Å²) >= 11 is 0. The monoisotopic (exact) mass is 311 g/mol. The number of pyridine rings is 1. The lowest BCUT2D eigenvalue weighted by Crippen LogP contribution is -2.07. The Morgan fingerprint density at radius 2 is 2.00 bits per heavy atom. The molecule has 23 heavy (non-hydrogen) atoms. The van der Waals surface area contributed by atoms with Crippen molar-refractivity contribution in [2.45, 2.75) is 13.8 Å². The van der Waals surface area contributed by atoms with Gasteiger partial charge in [0.2, 0.25) is 0 Å². The van der Waals surface area contributed by atoms with Crippen LogP contribution in [0.4, 0.5) is 0 Å². The summed E-state index contributed by atoms with van der Waals surface area (Å²) in [5.41, 5.74) is 2.68. The molecule has 0 atom stereocenters. The number of carbonyl (C=O) groups is 1. The van der Waals surface area contributed by atoms with Crippen molar-refractivity contribution in [2.75, 3.05) is 13.7 Å².